The van der Waals surface area contributed by atoms with Gasteiger partial charge in [-0.1, -0.05) is 182 Å². The quantitative estimate of drug-likeness (QED) is 0.0345. The molecular weight excluding hydrogens is 699 g/mol. The van der Waals surface area contributed by atoms with Crippen LogP contribution in [0.25, 0.3) is 0 Å². The van der Waals surface area contributed by atoms with E-state index in [1.165, 1.54) is 103 Å². The third kappa shape index (κ3) is 37.9. The highest BCUT2D eigenvalue weighted by molar-refractivity contribution is 5.71. The zero-order chi connectivity index (χ0) is 41.3. The van der Waals surface area contributed by atoms with Crippen molar-refractivity contribution in [1.82, 2.24) is 4.90 Å². The van der Waals surface area contributed by atoms with Gasteiger partial charge in [0.05, 0.1) is 19.8 Å². The minimum absolute atomic E-state index is 0.0113. The second-order valence-corrected chi connectivity index (χ2v) is 17.4. The van der Waals surface area contributed by atoms with Gasteiger partial charge in [-0.25, -0.2) is 0 Å². The summed E-state index contributed by atoms with van der Waals surface area (Å²) in [6.45, 7) is 10.5. The number of esters is 3. The summed E-state index contributed by atoms with van der Waals surface area (Å²) in [7, 11) is 3.80. The molecule has 0 aliphatic heterocycles. The van der Waals surface area contributed by atoms with E-state index >= 15 is 0 Å². The first kappa shape index (κ1) is 54.4. The maximum absolute atomic E-state index is 12.5. The van der Waals surface area contributed by atoms with Crippen molar-refractivity contribution in [2.45, 2.75) is 252 Å². The largest absolute Gasteiger partial charge is 0.466 e. The van der Waals surface area contributed by atoms with Gasteiger partial charge in [-0.2, -0.15) is 0 Å². The average Bonchev–Trinajstić information content (AvgIpc) is 3.16. The second-order valence-electron chi connectivity index (χ2n) is 17.4. The Balaban J connectivity index is 4.17. The molecule has 56 heavy (non-hydrogen) atoms. The van der Waals surface area contributed by atoms with Crippen molar-refractivity contribution in [3.8, 4) is 0 Å². The zero-order valence-corrected chi connectivity index (χ0v) is 38.3. The molecule has 0 saturated heterocycles. The highest BCUT2D eigenvalue weighted by atomic mass is 16.5. The van der Waals surface area contributed by atoms with Gasteiger partial charge in [0.2, 0.25) is 0 Å². The van der Waals surface area contributed by atoms with E-state index in [-0.39, 0.29) is 24.0 Å². The van der Waals surface area contributed by atoms with Crippen LogP contribution in [0.1, 0.15) is 246 Å². The van der Waals surface area contributed by atoms with E-state index in [1.807, 2.05) is 19.0 Å². The molecule has 0 unspecified atom stereocenters. The Hall–Kier alpha value is -1.63. The number of rotatable bonds is 43. The van der Waals surface area contributed by atoms with Gasteiger partial charge in [0, 0.05) is 12.8 Å². The highest BCUT2D eigenvalue weighted by Gasteiger charge is 2.16. The lowest BCUT2D eigenvalue weighted by atomic mass is 9.92. The van der Waals surface area contributed by atoms with Gasteiger partial charge in [-0.3, -0.25) is 19.3 Å². The average molecular weight is 794 g/mol. The number of hydrogen-bond donors (Lipinski definition) is 0. The Kier molecular flexibility index (Phi) is 40.3. The molecule has 0 aliphatic rings. The Morgan fingerprint density at radius 2 is 0.714 bits per heavy atom. The normalized spacial score (nSPS) is 11.7. The summed E-state index contributed by atoms with van der Waals surface area (Å²) < 4.78 is 17.2. The third-order valence-corrected chi connectivity index (χ3v) is 11.5. The van der Waals surface area contributed by atoms with Gasteiger partial charge in [-0.15, -0.1) is 0 Å². The van der Waals surface area contributed by atoms with Crippen LogP contribution in [-0.4, -0.2) is 62.8 Å². The molecule has 0 N–H and O–H groups in total. The van der Waals surface area contributed by atoms with Crippen LogP contribution in [0.5, 0.6) is 0 Å². The smallest absolute Gasteiger partial charge is 0.320 e. The number of ether oxygens (including phenoxy) is 3. The van der Waals surface area contributed by atoms with Crippen LogP contribution < -0.4 is 0 Å². The van der Waals surface area contributed by atoms with Gasteiger partial charge in [0.1, 0.15) is 6.10 Å². The molecule has 0 radical (unpaired) electrons. The van der Waals surface area contributed by atoms with Crippen molar-refractivity contribution in [3.63, 3.8) is 0 Å². The van der Waals surface area contributed by atoms with Crippen LogP contribution in [0.2, 0.25) is 0 Å². The van der Waals surface area contributed by atoms with E-state index in [4.69, 9.17) is 14.2 Å². The Bertz CT molecular complexity index is 801. The molecule has 0 amide bonds. The lowest BCUT2D eigenvalue weighted by Crippen LogP contribution is -2.27. The minimum atomic E-state index is -0.134. The standard InChI is InChI=1S/C49H95NO6/c1-7-11-23-31-44(32-24-12-8-2)39-41-54-47(51)37-29-21-17-15-19-27-35-46(56-49(53)43-50(5)6)36-28-20-16-18-22-30-38-48(52)55-42-40-45(33-25-13-9-3)34-26-14-10-4/h44-46H,7-43H2,1-6H3. The lowest BCUT2D eigenvalue weighted by molar-refractivity contribution is -0.150. The SMILES string of the molecule is CCCCCC(CCCCC)CCOC(=O)CCCCCCCCC(CCCCCCCCC(=O)OCCC(CCCCC)CCCCC)OC(=O)CN(C)C. The zero-order valence-electron chi connectivity index (χ0n) is 38.3. The molecule has 0 bridgehead atoms. The number of carbonyl (C=O) groups is 3. The minimum Gasteiger partial charge on any atom is -0.466 e. The fourth-order valence-electron chi connectivity index (χ4n) is 7.86. The number of nitrogens with zero attached hydrogens (tertiary/aromatic N) is 1. The van der Waals surface area contributed by atoms with Crippen LogP contribution >= 0.6 is 0 Å². The second kappa shape index (κ2) is 41.5. The van der Waals surface area contributed by atoms with Gasteiger partial charge >= 0.3 is 17.9 Å². The van der Waals surface area contributed by atoms with Crippen molar-refractivity contribution < 1.29 is 28.6 Å². The summed E-state index contributed by atoms with van der Waals surface area (Å²) in [5.74, 6) is 1.21. The predicted octanol–water partition coefficient (Wildman–Crippen LogP) is 14.1. The summed E-state index contributed by atoms with van der Waals surface area (Å²) in [5.41, 5.74) is 0. The molecule has 332 valence electrons. The van der Waals surface area contributed by atoms with Gasteiger partial charge < -0.3 is 14.2 Å². The van der Waals surface area contributed by atoms with Crippen molar-refractivity contribution in [2.24, 2.45) is 11.8 Å². The van der Waals surface area contributed by atoms with Gasteiger partial charge in [-0.05, 0) is 77.3 Å². The van der Waals surface area contributed by atoms with Gasteiger partial charge in [0.25, 0.3) is 0 Å². The molecule has 0 aromatic heterocycles. The Morgan fingerprint density at radius 1 is 0.393 bits per heavy atom. The van der Waals surface area contributed by atoms with Crippen LogP contribution in [-0.2, 0) is 28.6 Å². The molecule has 7 nitrogen and oxygen atoms in total. The molecule has 7 heteroatoms. The molecular formula is C49H95NO6. The van der Waals surface area contributed by atoms with E-state index in [0.29, 0.717) is 44.4 Å². The Labute approximate surface area is 348 Å². The monoisotopic (exact) mass is 794 g/mol. The molecule has 0 fully saturated rings. The molecule has 0 aromatic carbocycles. The van der Waals surface area contributed by atoms with E-state index < -0.39 is 0 Å². The van der Waals surface area contributed by atoms with Crippen LogP contribution in [0.4, 0.5) is 0 Å². The Morgan fingerprint density at radius 3 is 1.05 bits per heavy atom. The molecule has 0 aromatic rings. The number of hydrogen-bond acceptors (Lipinski definition) is 7. The topological polar surface area (TPSA) is 82.1 Å². The maximum Gasteiger partial charge on any atom is 0.320 e. The first-order chi connectivity index (χ1) is 27.2. The predicted molar refractivity (Wildman–Crippen MR) is 237 cm³/mol. The lowest BCUT2D eigenvalue weighted by Gasteiger charge is -2.19. The van der Waals surface area contributed by atoms with Crippen LogP contribution in [0.3, 0.4) is 0 Å². The van der Waals surface area contributed by atoms with E-state index in [9.17, 15) is 14.4 Å². The summed E-state index contributed by atoms with van der Waals surface area (Å²) in [4.78, 5) is 39.0. The van der Waals surface area contributed by atoms with Crippen molar-refractivity contribution in [1.29, 1.82) is 0 Å². The van der Waals surface area contributed by atoms with Crippen molar-refractivity contribution in [2.75, 3.05) is 33.9 Å². The third-order valence-electron chi connectivity index (χ3n) is 11.5. The summed E-state index contributed by atoms with van der Waals surface area (Å²) in [6, 6.07) is 0. The molecule has 0 spiro atoms. The fraction of sp³-hybridized carbons (Fsp3) is 0.939. The van der Waals surface area contributed by atoms with Crippen LogP contribution in [0, 0.1) is 11.8 Å². The van der Waals surface area contributed by atoms with Crippen molar-refractivity contribution >= 4 is 17.9 Å². The molecule has 0 atom stereocenters. The summed E-state index contributed by atoms with van der Waals surface area (Å²) in [6.07, 6.45) is 38.3. The number of likely N-dealkylation sites (N-methyl/N-ethyl adjacent to an activating group) is 1. The van der Waals surface area contributed by atoms with E-state index in [0.717, 1.165) is 103 Å². The summed E-state index contributed by atoms with van der Waals surface area (Å²) >= 11 is 0. The first-order valence-corrected chi connectivity index (χ1v) is 24.4. The number of carbonyl (C=O) groups excluding carboxylic acids is 3. The fourth-order valence-corrected chi connectivity index (χ4v) is 7.86. The van der Waals surface area contributed by atoms with Crippen LogP contribution in [0.15, 0.2) is 0 Å². The molecule has 0 aliphatic carbocycles. The molecule has 0 rings (SSSR count). The maximum atomic E-state index is 12.5. The number of unbranched alkanes of at least 4 members (excludes halogenated alkanes) is 18. The molecule has 0 heterocycles. The first-order valence-electron chi connectivity index (χ1n) is 24.4. The molecule has 0 saturated carbocycles. The van der Waals surface area contributed by atoms with Gasteiger partial charge in [0.15, 0.2) is 0 Å². The summed E-state index contributed by atoms with van der Waals surface area (Å²) in [5, 5.41) is 0. The van der Waals surface area contributed by atoms with E-state index in [2.05, 4.69) is 27.7 Å². The highest BCUT2D eigenvalue weighted by Crippen LogP contribution is 2.23. The van der Waals surface area contributed by atoms with E-state index in [1.54, 1.807) is 0 Å². The van der Waals surface area contributed by atoms with Crippen molar-refractivity contribution in [3.05, 3.63) is 0 Å².